The van der Waals surface area contributed by atoms with Gasteiger partial charge in [0.15, 0.2) is 5.16 Å². The fourth-order valence-electron chi connectivity index (χ4n) is 3.05. The smallest absolute Gasteiger partial charge is 0.255 e. The van der Waals surface area contributed by atoms with Crippen LogP contribution in [0, 0.1) is 0 Å². The van der Waals surface area contributed by atoms with Gasteiger partial charge < -0.3 is 9.88 Å². The quantitative estimate of drug-likeness (QED) is 0.569. The van der Waals surface area contributed by atoms with Gasteiger partial charge in [-0.1, -0.05) is 30.0 Å². The lowest BCUT2D eigenvalue weighted by molar-refractivity contribution is 0.102. The summed E-state index contributed by atoms with van der Waals surface area (Å²) in [6.45, 7) is 0.983. The Labute approximate surface area is 158 Å². The van der Waals surface area contributed by atoms with Gasteiger partial charge in [-0.25, -0.2) is 9.97 Å². The molecule has 1 N–H and O–H groups in total. The van der Waals surface area contributed by atoms with Crippen LogP contribution in [0.4, 0.5) is 5.69 Å². The van der Waals surface area contributed by atoms with Crippen molar-refractivity contribution in [3.05, 3.63) is 59.7 Å². The molecule has 26 heavy (non-hydrogen) atoms. The Bertz CT molecular complexity index is 1110. The zero-order chi connectivity index (χ0) is 17.5. The van der Waals surface area contributed by atoms with Crippen LogP contribution in [-0.2, 0) is 6.54 Å². The van der Waals surface area contributed by atoms with Crippen LogP contribution in [0.15, 0.2) is 59.3 Å². The summed E-state index contributed by atoms with van der Waals surface area (Å²) in [6.07, 6.45) is 2.06. The number of benzene rings is 2. The minimum atomic E-state index is -0.131. The first-order valence-corrected chi connectivity index (χ1v) is 10.1. The second-order valence-corrected chi connectivity index (χ2v) is 7.93. The van der Waals surface area contributed by atoms with Gasteiger partial charge in [0, 0.05) is 29.6 Å². The predicted octanol–water partition coefficient (Wildman–Crippen LogP) is 4.52. The molecule has 0 saturated carbocycles. The summed E-state index contributed by atoms with van der Waals surface area (Å²) in [7, 11) is 0. The number of imidazole rings is 1. The van der Waals surface area contributed by atoms with E-state index >= 15 is 0 Å². The third-order valence-electron chi connectivity index (χ3n) is 4.35. The molecule has 4 aromatic rings. The second kappa shape index (κ2) is 6.26. The van der Waals surface area contributed by atoms with Crippen molar-refractivity contribution < 1.29 is 4.79 Å². The summed E-state index contributed by atoms with van der Waals surface area (Å²) in [6, 6.07) is 13.4. The number of carbonyl (C=O) groups is 1. The van der Waals surface area contributed by atoms with Crippen molar-refractivity contribution in [1.29, 1.82) is 0 Å². The number of amides is 1. The first-order chi connectivity index (χ1) is 12.8. The van der Waals surface area contributed by atoms with Gasteiger partial charge in [-0.2, -0.15) is 0 Å². The predicted molar refractivity (Wildman–Crippen MR) is 106 cm³/mol. The van der Waals surface area contributed by atoms with E-state index in [9.17, 15) is 4.79 Å². The number of para-hydroxylation sites is 1. The lowest BCUT2D eigenvalue weighted by atomic mass is 10.1. The summed E-state index contributed by atoms with van der Waals surface area (Å²) < 4.78 is 3.17. The molecule has 1 aliphatic rings. The highest BCUT2D eigenvalue weighted by molar-refractivity contribution is 7.99. The number of aromatic nitrogens is 3. The van der Waals surface area contributed by atoms with Crippen molar-refractivity contribution in [3.63, 3.8) is 0 Å². The maximum atomic E-state index is 12.7. The Kier molecular flexibility index (Phi) is 3.76. The summed E-state index contributed by atoms with van der Waals surface area (Å²) >= 11 is 3.29. The number of nitrogens with zero attached hydrogens (tertiary/aromatic N) is 3. The molecule has 0 atom stereocenters. The summed E-state index contributed by atoms with van der Waals surface area (Å²) in [4.78, 5) is 21.7. The van der Waals surface area contributed by atoms with Crippen molar-refractivity contribution in [2.24, 2.45) is 0 Å². The maximum absolute atomic E-state index is 12.7. The summed E-state index contributed by atoms with van der Waals surface area (Å²) in [5, 5.41) is 4.07. The monoisotopic (exact) mass is 378 g/mol. The molecule has 0 fully saturated rings. The number of thioether (sulfide) groups is 1. The molecular weight excluding hydrogens is 364 g/mol. The minimum Gasteiger partial charge on any atom is -0.325 e. The fraction of sp³-hybridized carbons (Fsp3) is 0.105. The molecule has 2 aromatic carbocycles. The van der Waals surface area contributed by atoms with Gasteiger partial charge in [0.1, 0.15) is 0 Å². The molecule has 0 bridgehead atoms. The largest absolute Gasteiger partial charge is 0.325 e. The molecule has 0 aliphatic carbocycles. The average molecular weight is 378 g/mol. The van der Waals surface area contributed by atoms with E-state index in [1.165, 1.54) is 11.3 Å². The maximum Gasteiger partial charge on any atom is 0.255 e. The molecule has 128 valence electrons. The molecular formula is C19H14N4OS2. The lowest BCUT2D eigenvalue weighted by Crippen LogP contribution is -2.12. The number of rotatable bonds is 3. The number of aryl methyl sites for hydroxylation is 1. The van der Waals surface area contributed by atoms with Gasteiger partial charge in [-0.3, -0.25) is 4.79 Å². The highest BCUT2D eigenvalue weighted by Crippen LogP contribution is 2.32. The Balaban J connectivity index is 1.47. The molecule has 3 heterocycles. The van der Waals surface area contributed by atoms with Crippen LogP contribution in [0.5, 0.6) is 0 Å². The summed E-state index contributed by atoms with van der Waals surface area (Å²) in [5.74, 6) is 0.940. The molecule has 1 amide bonds. The van der Waals surface area contributed by atoms with Gasteiger partial charge in [0.05, 0.1) is 27.1 Å². The molecule has 2 aromatic heterocycles. The minimum absolute atomic E-state index is 0.131. The standard InChI is InChI=1S/C19H14N4OS2/c24-18(12-5-6-15-17(9-12)26-11-20-15)21-14-4-2-1-3-13(14)16-10-23-7-8-25-19(23)22-16/h1-6,9-11H,7-8H2,(H,21,24). The van der Waals surface area contributed by atoms with Crippen LogP contribution in [0.3, 0.4) is 0 Å². The molecule has 1 aliphatic heterocycles. The first kappa shape index (κ1) is 15.6. The zero-order valence-electron chi connectivity index (χ0n) is 13.7. The van der Waals surface area contributed by atoms with E-state index in [2.05, 4.69) is 21.1 Å². The van der Waals surface area contributed by atoms with E-state index in [-0.39, 0.29) is 5.91 Å². The Morgan fingerprint density at radius 2 is 2.12 bits per heavy atom. The van der Waals surface area contributed by atoms with E-state index in [1.807, 2.05) is 42.5 Å². The van der Waals surface area contributed by atoms with Gasteiger partial charge in [0.25, 0.3) is 5.91 Å². The number of carbonyl (C=O) groups excluding carboxylic acids is 1. The SMILES string of the molecule is O=C(Nc1ccccc1-c1cn2c(n1)SCC2)c1ccc2ncsc2c1. The highest BCUT2D eigenvalue weighted by Gasteiger charge is 2.18. The molecule has 0 radical (unpaired) electrons. The third kappa shape index (κ3) is 2.69. The zero-order valence-corrected chi connectivity index (χ0v) is 15.3. The Hall–Kier alpha value is -2.64. The molecule has 0 spiro atoms. The molecule has 7 heteroatoms. The first-order valence-electron chi connectivity index (χ1n) is 8.22. The number of fused-ring (bicyclic) bond motifs is 2. The summed E-state index contributed by atoms with van der Waals surface area (Å²) in [5.41, 5.74) is 5.92. The van der Waals surface area contributed by atoms with Crippen molar-refractivity contribution >= 4 is 44.9 Å². The van der Waals surface area contributed by atoms with Crippen LogP contribution >= 0.6 is 23.1 Å². The average Bonchev–Trinajstić information content (AvgIpc) is 3.37. The van der Waals surface area contributed by atoms with E-state index in [1.54, 1.807) is 17.3 Å². The number of hydrogen-bond donors (Lipinski definition) is 1. The molecule has 0 saturated heterocycles. The molecule has 5 nitrogen and oxygen atoms in total. The van der Waals surface area contributed by atoms with Crippen molar-refractivity contribution in [2.45, 2.75) is 11.7 Å². The van der Waals surface area contributed by atoms with Crippen LogP contribution in [0.1, 0.15) is 10.4 Å². The van der Waals surface area contributed by atoms with Crippen molar-refractivity contribution in [2.75, 3.05) is 11.1 Å². The van der Waals surface area contributed by atoms with E-state index in [0.29, 0.717) is 5.56 Å². The fourth-order valence-corrected chi connectivity index (χ4v) is 4.71. The van der Waals surface area contributed by atoms with Crippen LogP contribution in [-0.4, -0.2) is 26.2 Å². The number of hydrogen-bond acceptors (Lipinski definition) is 5. The van der Waals surface area contributed by atoms with Gasteiger partial charge in [-0.15, -0.1) is 11.3 Å². The number of thiazole rings is 1. The van der Waals surface area contributed by atoms with Gasteiger partial charge in [-0.05, 0) is 24.3 Å². The third-order valence-corrected chi connectivity index (χ3v) is 6.11. The number of anilines is 1. The van der Waals surface area contributed by atoms with Crippen molar-refractivity contribution in [3.8, 4) is 11.3 Å². The van der Waals surface area contributed by atoms with Crippen LogP contribution in [0.2, 0.25) is 0 Å². The Morgan fingerprint density at radius 3 is 3.04 bits per heavy atom. The van der Waals surface area contributed by atoms with Crippen LogP contribution < -0.4 is 5.32 Å². The molecule has 5 rings (SSSR count). The normalized spacial score (nSPS) is 13.1. The van der Waals surface area contributed by atoms with Crippen LogP contribution in [0.25, 0.3) is 21.5 Å². The second-order valence-electron chi connectivity index (χ2n) is 5.99. The van der Waals surface area contributed by atoms with E-state index in [0.717, 1.165) is 44.6 Å². The number of nitrogens with one attached hydrogen (secondary N) is 1. The highest BCUT2D eigenvalue weighted by atomic mass is 32.2. The van der Waals surface area contributed by atoms with Crippen molar-refractivity contribution in [1.82, 2.24) is 14.5 Å². The van der Waals surface area contributed by atoms with Gasteiger partial charge in [0.2, 0.25) is 0 Å². The lowest BCUT2D eigenvalue weighted by Gasteiger charge is -2.10. The Morgan fingerprint density at radius 1 is 1.19 bits per heavy atom. The topological polar surface area (TPSA) is 59.8 Å². The van der Waals surface area contributed by atoms with Gasteiger partial charge >= 0.3 is 0 Å². The van der Waals surface area contributed by atoms with E-state index in [4.69, 9.17) is 4.98 Å². The van der Waals surface area contributed by atoms with E-state index < -0.39 is 0 Å². The molecule has 0 unspecified atom stereocenters.